The number of esters is 1. The molecule has 2 amide bonds. The van der Waals surface area contributed by atoms with Crippen LogP contribution in [0.25, 0.3) is 0 Å². The fraction of sp³-hybridized carbons (Fsp3) is 0.444. The van der Waals surface area contributed by atoms with Crippen LogP contribution in [-0.2, 0) is 41.6 Å². The lowest BCUT2D eigenvalue weighted by molar-refractivity contribution is -0.192. The first-order valence-electron chi connectivity index (χ1n) is 8.91. The quantitative estimate of drug-likeness (QED) is 0.275. The molecule has 11 nitrogen and oxygen atoms in total. The summed E-state index contributed by atoms with van der Waals surface area (Å²) >= 11 is 1.20. The van der Waals surface area contributed by atoms with Gasteiger partial charge in [-0.1, -0.05) is 0 Å². The predicted octanol–water partition coefficient (Wildman–Crippen LogP) is -0.443. The average Bonchev–Trinajstić information content (AvgIpc) is 3.16. The van der Waals surface area contributed by atoms with Gasteiger partial charge in [-0.15, -0.1) is 11.8 Å². The molecule has 0 spiro atoms. The first-order valence-corrected chi connectivity index (χ1v) is 9.96. The number of aliphatic carboxylic acids is 1. The highest BCUT2D eigenvalue weighted by molar-refractivity contribution is 8.00. The fourth-order valence-electron chi connectivity index (χ4n) is 3.28. The molecule has 1 aromatic rings. The molecule has 162 valence electrons. The Morgan fingerprint density at radius 1 is 1.40 bits per heavy atom. The number of carbonyl (C=O) groups excluding carboxylic acids is 3. The summed E-state index contributed by atoms with van der Waals surface area (Å²) < 4.78 is 15.6. The number of rotatable bonds is 8. The molecule has 0 bridgehead atoms. The van der Waals surface area contributed by atoms with Gasteiger partial charge in [-0.25, -0.2) is 4.79 Å². The number of nitrogens with zero attached hydrogens (tertiary/aromatic N) is 1. The van der Waals surface area contributed by atoms with Gasteiger partial charge in [0.15, 0.2) is 0 Å². The number of amides is 2. The van der Waals surface area contributed by atoms with Crippen LogP contribution in [0.3, 0.4) is 0 Å². The number of ether oxygens (including phenoxy) is 2. The van der Waals surface area contributed by atoms with Crippen molar-refractivity contribution < 1.29 is 38.2 Å². The maximum Gasteiger partial charge on any atom is 0.352 e. The van der Waals surface area contributed by atoms with Crippen LogP contribution in [0.2, 0.25) is 0 Å². The summed E-state index contributed by atoms with van der Waals surface area (Å²) in [7, 11) is 1.26. The van der Waals surface area contributed by atoms with Crippen molar-refractivity contribution in [1.82, 2.24) is 10.2 Å². The van der Waals surface area contributed by atoms with Crippen LogP contribution in [0.5, 0.6) is 0 Å². The highest BCUT2D eigenvalue weighted by Crippen LogP contribution is 2.46. The molecule has 2 aliphatic heterocycles. The van der Waals surface area contributed by atoms with Gasteiger partial charge in [0.1, 0.15) is 29.2 Å². The molecule has 2 atom stereocenters. The first-order chi connectivity index (χ1) is 14.2. The Morgan fingerprint density at radius 2 is 2.10 bits per heavy atom. The minimum Gasteiger partial charge on any atom is -0.477 e. The Hall–Kier alpha value is -2.83. The Balaban J connectivity index is 1.78. The fourth-order valence-corrected chi connectivity index (χ4v) is 4.70. The largest absolute Gasteiger partial charge is 0.477 e. The van der Waals surface area contributed by atoms with E-state index in [2.05, 4.69) is 5.32 Å². The standard InChI is InChI=1S/C18H21N3O8S/c1-9(22)28-7-10-8-30-17-18(27-2,16(26)21(17)14(10)15(24)25)20-13(23)5-11-3-4-12(6-19)29-11/h3-4,17H,5-8,19H2,1-2H3,(H,20,23)(H,24,25)/t17-,18+/m1/s1. The number of nitrogens with one attached hydrogen (secondary N) is 1. The molecule has 4 N–H and O–H groups in total. The molecule has 0 saturated carbocycles. The lowest BCUT2D eigenvalue weighted by Crippen LogP contribution is -2.80. The molecule has 1 fully saturated rings. The zero-order valence-corrected chi connectivity index (χ0v) is 17.1. The molecule has 3 heterocycles. The van der Waals surface area contributed by atoms with Crippen LogP contribution in [0.1, 0.15) is 18.4 Å². The van der Waals surface area contributed by atoms with Crippen molar-refractivity contribution in [2.45, 2.75) is 31.0 Å². The van der Waals surface area contributed by atoms with Gasteiger partial charge in [0.2, 0.25) is 5.91 Å². The molecule has 3 rings (SSSR count). The summed E-state index contributed by atoms with van der Waals surface area (Å²) in [6, 6.07) is 3.26. The molecular weight excluding hydrogens is 418 g/mol. The number of thioether (sulfide) groups is 1. The normalized spacial score (nSPS) is 23.0. The Morgan fingerprint density at radius 3 is 2.67 bits per heavy atom. The summed E-state index contributed by atoms with van der Waals surface area (Å²) in [5, 5.41) is 11.4. The Labute approximate surface area is 175 Å². The van der Waals surface area contributed by atoms with E-state index >= 15 is 0 Å². The third-order valence-electron chi connectivity index (χ3n) is 4.66. The highest BCUT2D eigenvalue weighted by Gasteiger charge is 2.66. The molecule has 0 aromatic carbocycles. The Kier molecular flexibility index (Phi) is 6.19. The van der Waals surface area contributed by atoms with E-state index in [1.54, 1.807) is 12.1 Å². The third-order valence-corrected chi connectivity index (χ3v) is 6.04. The van der Waals surface area contributed by atoms with Gasteiger partial charge < -0.3 is 30.0 Å². The van der Waals surface area contributed by atoms with Crippen molar-refractivity contribution in [1.29, 1.82) is 0 Å². The molecule has 12 heteroatoms. The average molecular weight is 439 g/mol. The van der Waals surface area contributed by atoms with Gasteiger partial charge in [-0.05, 0) is 12.1 Å². The van der Waals surface area contributed by atoms with Crippen LogP contribution in [0.15, 0.2) is 27.8 Å². The van der Waals surface area contributed by atoms with Crippen molar-refractivity contribution in [3.05, 3.63) is 34.9 Å². The number of furan rings is 1. The van der Waals surface area contributed by atoms with Crippen molar-refractivity contribution in [2.75, 3.05) is 19.5 Å². The molecule has 0 aliphatic carbocycles. The summed E-state index contributed by atoms with van der Waals surface area (Å²) in [6.45, 7) is 1.15. The number of carbonyl (C=O) groups is 4. The van der Waals surface area contributed by atoms with Gasteiger partial charge in [0, 0.05) is 25.4 Å². The number of carboxylic acids is 1. The Bertz CT molecular complexity index is 926. The molecule has 1 saturated heterocycles. The maximum absolute atomic E-state index is 12.9. The number of nitrogens with two attached hydrogens (primary N) is 1. The van der Waals surface area contributed by atoms with Crippen molar-refractivity contribution in [2.24, 2.45) is 5.73 Å². The zero-order valence-electron chi connectivity index (χ0n) is 16.3. The van der Waals surface area contributed by atoms with E-state index in [1.807, 2.05) is 0 Å². The van der Waals surface area contributed by atoms with E-state index in [0.29, 0.717) is 11.5 Å². The molecule has 2 aliphatic rings. The van der Waals surface area contributed by atoms with E-state index in [-0.39, 0.29) is 36.6 Å². The second-order valence-electron chi connectivity index (χ2n) is 6.61. The van der Waals surface area contributed by atoms with Crippen molar-refractivity contribution in [3.63, 3.8) is 0 Å². The number of methoxy groups -OCH3 is 1. The van der Waals surface area contributed by atoms with Gasteiger partial charge in [0.05, 0.1) is 13.0 Å². The zero-order chi connectivity index (χ0) is 22.1. The predicted molar refractivity (Wildman–Crippen MR) is 103 cm³/mol. The van der Waals surface area contributed by atoms with E-state index in [9.17, 15) is 24.3 Å². The number of β-lactam (4-membered cyclic amide) rings is 1. The van der Waals surface area contributed by atoms with Crippen LogP contribution >= 0.6 is 11.8 Å². The molecule has 1 aromatic heterocycles. The van der Waals surface area contributed by atoms with Crippen molar-refractivity contribution >= 4 is 35.5 Å². The van der Waals surface area contributed by atoms with Gasteiger partial charge in [-0.2, -0.15) is 0 Å². The summed E-state index contributed by atoms with van der Waals surface area (Å²) in [5.41, 5.74) is 3.78. The molecule has 0 radical (unpaired) electrons. The second-order valence-corrected chi connectivity index (χ2v) is 7.68. The molecular formula is C18H21N3O8S. The summed E-state index contributed by atoms with van der Waals surface area (Å²) in [5.74, 6) is -2.09. The second kappa shape index (κ2) is 8.50. The number of carboxylic acid groups (broad SMARTS) is 1. The summed E-state index contributed by atoms with van der Waals surface area (Å²) in [6.07, 6.45) is -0.144. The van der Waals surface area contributed by atoms with Crippen LogP contribution in [0.4, 0.5) is 0 Å². The van der Waals surface area contributed by atoms with E-state index in [1.165, 1.54) is 25.8 Å². The lowest BCUT2D eigenvalue weighted by atomic mass is 9.98. The van der Waals surface area contributed by atoms with Crippen LogP contribution in [0, 0.1) is 0 Å². The highest BCUT2D eigenvalue weighted by atomic mass is 32.2. The van der Waals surface area contributed by atoms with Gasteiger partial charge >= 0.3 is 11.9 Å². The molecule has 30 heavy (non-hydrogen) atoms. The number of fused-ring (bicyclic) bond motifs is 1. The topological polar surface area (TPSA) is 161 Å². The lowest BCUT2D eigenvalue weighted by Gasteiger charge is -2.55. The third kappa shape index (κ3) is 3.80. The van der Waals surface area contributed by atoms with Crippen LogP contribution in [-0.4, -0.2) is 64.3 Å². The monoisotopic (exact) mass is 439 g/mol. The van der Waals surface area contributed by atoms with Gasteiger partial charge in [0.25, 0.3) is 11.6 Å². The van der Waals surface area contributed by atoms with Crippen LogP contribution < -0.4 is 11.1 Å². The SMILES string of the molecule is CO[C@@]1(NC(=O)Cc2ccc(CN)o2)C(=O)N2C(C(=O)O)=C(COC(C)=O)CS[C@@H]21. The van der Waals surface area contributed by atoms with E-state index in [0.717, 1.165) is 4.90 Å². The number of hydrogen-bond acceptors (Lipinski definition) is 9. The summed E-state index contributed by atoms with van der Waals surface area (Å²) in [4.78, 5) is 49.3. The van der Waals surface area contributed by atoms with E-state index in [4.69, 9.17) is 19.6 Å². The van der Waals surface area contributed by atoms with E-state index < -0.39 is 34.9 Å². The van der Waals surface area contributed by atoms with Crippen molar-refractivity contribution in [3.8, 4) is 0 Å². The van der Waals surface area contributed by atoms with Gasteiger partial charge in [-0.3, -0.25) is 19.3 Å². The smallest absolute Gasteiger partial charge is 0.352 e. The first kappa shape index (κ1) is 21.9. The minimum atomic E-state index is -1.71. The number of hydrogen-bond donors (Lipinski definition) is 3. The maximum atomic E-state index is 12.9. The molecule has 0 unspecified atom stereocenters. The minimum absolute atomic E-state index is 0.144.